The van der Waals surface area contributed by atoms with E-state index in [0.29, 0.717) is 5.82 Å². The Morgan fingerprint density at radius 3 is 2.62 bits per heavy atom. The summed E-state index contributed by atoms with van der Waals surface area (Å²) in [6.45, 7) is 1.55. The molecule has 0 atom stereocenters. The zero-order valence-corrected chi connectivity index (χ0v) is 7.86. The van der Waals surface area contributed by atoms with Crippen LogP contribution in [0.3, 0.4) is 0 Å². The van der Waals surface area contributed by atoms with Gasteiger partial charge in [-0.15, -0.1) is 0 Å². The average molecular weight is 239 g/mol. The number of rotatable bonds is 0. The van der Waals surface area contributed by atoms with Crippen molar-refractivity contribution in [2.24, 2.45) is 0 Å². The third-order valence-electron chi connectivity index (χ3n) is 1.56. The molecule has 0 radical (unpaired) electrons. The van der Waals surface area contributed by atoms with Crippen LogP contribution in [0.2, 0.25) is 0 Å². The van der Waals surface area contributed by atoms with Crippen molar-refractivity contribution < 1.29 is 27.8 Å². The molecule has 6 nitrogen and oxygen atoms in total. The second kappa shape index (κ2) is 4.29. The standard InChI is InChI=1S/C5H7N3O.C2HF3O2/c6-4-3-5-8(7-4)1-2-9-5;3-2(4,5)1(6)7/h3H,1-2H2,(H2,6,7);(H,6,7). The number of nitrogens with two attached hydrogens (primary N) is 1. The molecule has 1 aliphatic rings. The molecule has 3 N–H and O–H groups in total. The fraction of sp³-hybridized carbons (Fsp3) is 0.429. The first-order valence-electron chi connectivity index (χ1n) is 4.07. The van der Waals surface area contributed by atoms with Gasteiger partial charge in [-0.3, -0.25) is 0 Å². The molecule has 16 heavy (non-hydrogen) atoms. The number of aromatic nitrogens is 2. The van der Waals surface area contributed by atoms with Crippen molar-refractivity contribution in [3.63, 3.8) is 0 Å². The van der Waals surface area contributed by atoms with Gasteiger partial charge in [-0.1, -0.05) is 0 Å². The lowest BCUT2D eigenvalue weighted by molar-refractivity contribution is -0.192. The van der Waals surface area contributed by atoms with Gasteiger partial charge in [0.15, 0.2) is 0 Å². The van der Waals surface area contributed by atoms with Crippen LogP contribution < -0.4 is 10.5 Å². The molecule has 1 aliphatic heterocycles. The van der Waals surface area contributed by atoms with Crippen LogP contribution in [0.25, 0.3) is 0 Å². The number of anilines is 1. The average Bonchev–Trinajstić information content (AvgIpc) is 2.62. The molecule has 2 heterocycles. The van der Waals surface area contributed by atoms with Crippen molar-refractivity contribution >= 4 is 11.8 Å². The summed E-state index contributed by atoms with van der Waals surface area (Å²) >= 11 is 0. The molecule has 0 saturated carbocycles. The summed E-state index contributed by atoms with van der Waals surface area (Å²) in [6.07, 6.45) is -5.08. The van der Waals surface area contributed by atoms with Crippen LogP contribution in [-0.4, -0.2) is 33.6 Å². The van der Waals surface area contributed by atoms with Gasteiger partial charge in [-0.2, -0.15) is 18.3 Å². The van der Waals surface area contributed by atoms with Gasteiger partial charge in [0.05, 0.1) is 6.54 Å². The third-order valence-corrected chi connectivity index (χ3v) is 1.56. The van der Waals surface area contributed by atoms with Gasteiger partial charge in [-0.25, -0.2) is 9.48 Å². The van der Waals surface area contributed by atoms with E-state index in [0.717, 1.165) is 19.0 Å². The SMILES string of the molecule is Nc1cc2n(n1)CCO2.O=C(O)C(F)(F)F. The first-order valence-corrected chi connectivity index (χ1v) is 4.07. The molecule has 2 rings (SSSR count). The Hall–Kier alpha value is -1.93. The highest BCUT2D eigenvalue weighted by molar-refractivity contribution is 5.73. The number of nitrogen functional groups attached to an aromatic ring is 1. The number of carboxylic acids is 1. The summed E-state index contributed by atoms with van der Waals surface area (Å²) in [7, 11) is 0. The number of alkyl halides is 3. The minimum Gasteiger partial charge on any atom is -0.476 e. The second-order valence-electron chi connectivity index (χ2n) is 2.78. The van der Waals surface area contributed by atoms with Crippen LogP contribution in [0, 0.1) is 0 Å². The summed E-state index contributed by atoms with van der Waals surface area (Å²) in [5, 5.41) is 11.1. The Morgan fingerprint density at radius 2 is 2.19 bits per heavy atom. The zero-order chi connectivity index (χ0) is 12.3. The minimum atomic E-state index is -5.08. The van der Waals surface area contributed by atoms with Crippen LogP contribution in [0.5, 0.6) is 5.88 Å². The van der Waals surface area contributed by atoms with Crippen LogP contribution in [0.4, 0.5) is 19.0 Å². The van der Waals surface area contributed by atoms with Gasteiger partial charge in [0.1, 0.15) is 12.4 Å². The molecule has 0 aromatic carbocycles. The molecular formula is C7H8F3N3O3. The highest BCUT2D eigenvalue weighted by Gasteiger charge is 2.38. The minimum absolute atomic E-state index is 0.532. The number of carbonyl (C=O) groups is 1. The van der Waals surface area contributed by atoms with Gasteiger partial charge in [0, 0.05) is 6.07 Å². The maximum Gasteiger partial charge on any atom is 0.490 e. The Labute approximate surface area is 87.4 Å². The lowest BCUT2D eigenvalue weighted by Gasteiger charge is -1.93. The molecule has 0 aliphatic carbocycles. The number of carboxylic acid groups (broad SMARTS) is 1. The number of halogens is 3. The largest absolute Gasteiger partial charge is 0.490 e. The number of fused-ring (bicyclic) bond motifs is 1. The molecule has 0 amide bonds. The molecule has 1 aromatic rings. The van der Waals surface area contributed by atoms with E-state index < -0.39 is 12.1 Å². The van der Waals surface area contributed by atoms with Gasteiger partial charge >= 0.3 is 12.1 Å². The number of aliphatic carboxylic acids is 1. The normalized spacial score (nSPS) is 13.4. The monoisotopic (exact) mass is 239 g/mol. The van der Waals surface area contributed by atoms with Crippen LogP contribution >= 0.6 is 0 Å². The van der Waals surface area contributed by atoms with E-state index in [4.69, 9.17) is 20.4 Å². The van der Waals surface area contributed by atoms with Crippen molar-refractivity contribution in [2.75, 3.05) is 12.3 Å². The molecule has 0 unspecified atom stereocenters. The number of hydrogen-bond acceptors (Lipinski definition) is 4. The summed E-state index contributed by atoms with van der Waals surface area (Å²) < 4.78 is 38.6. The van der Waals surface area contributed by atoms with E-state index in [1.165, 1.54) is 0 Å². The van der Waals surface area contributed by atoms with E-state index in [1.807, 2.05) is 0 Å². The van der Waals surface area contributed by atoms with Crippen molar-refractivity contribution in [3.8, 4) is 5.88 Å². The molecule has 1 aromatic heterocycles. The summed E-state index contributed by atoms with van der Waals surface area (Å²) in [5.41, 5.74) is 5.38. The lowest BCUT2D eigenvalue weighted by Crippen LogP contribution is -2.21. The van der Waals surface area contributed by atoms with E-state index in [2.05, 4.69) is 5.10 Å². The quantitative estimate of drug-likeness (QED) is 0.687. The van der Waals surface area contributed by atoms with Crippen LogP contribution in [-0.2, 0) is 11.3 Å². The topological polar surface area (TPSA) is 90.4 Å². The number of hydrogen-bond donors (Lipinski definition) is 2. The zero-order valence-electron chi connectivity index (χ0n) is 7.86. The first-order chi connectivity index (χ1) is 7.30. The Morgan fingerprint density at radius 1 is 1.62 bits per heavy atom. The van der Waals surface area contributed by atoms with Crippen molar-refractivity contribution in [1.82, 2.24) is 9.78 Å². The van der Waals surface area contributed by atoms with Gasteiger partial charge in [0.2, 0.25) is 5.88 Å². The van der Waals surface area contributed by atoms with Gasteiger partial charge in [0.25, 0.3) is 0 Å². The van der Waals surface area contributed by atoms with E-state index in [1.54, 1.807) is 10.7 Å². The second-order valence-corrected chi connectivity index (χ2v) is 2.78. The summed E-state index contributed by atoms with van der Waals surface area (Å²) in [5.74, 6) is -1.44. The Balaban J connectivity index is 0.000000168. The molecule has 9 heteroatoms. The fourth-order valence-electron chi connectivity index (χ4n) is 0.932. The highest BCUT2D eigenvalue weighted by atomic mass is 19.4. The predicted molar refractivity (Wildman–Crippen MR) is 45.8 cm³/mol. The van der Waals surface area contributed by atoms with Crippen molar-refractivity contribution in [3.05, 3.63) is 6.07 Å². The maximum atomic E-state index is 10.6. The number of ether oxygens (including phenoxy) is 1. The van der Waals surface area contributed by atoms with Crippen LogP contribution in [0.1, 0.15) is 0 Å². The van der Waals surface area contributed by atoms with Crippen molar-refractivity contribution in [2.45, 2.75) is 12.7 Å². The van der Waals surface area contributed by atoms with Gasteiger partial charge in [-0.05, 0) is 0 Å². The molecule has 0 fully saturated rings. The predicted octanol–water partition coefficient (Wildman–Crippen LogP) is 0.491. The fourth-order valence-corrected chi connectivity index (χ4v) is 0.932. The highest BCUT2D eigenvalue weighted by Crippen LogP contribution is 2.18. The van der Waals surface area contributed by atoms with Crippen LogP contribution in [0.15, 0.2) is 6.07 Å². The van der Waals surface area contributed by atoms with Gasteiger partial charge < -0.3 is 15.6 Å². The molecule has 0 saturated heterocycles. The Bertz CT molecular complexity index is 366. The van der Waals surface area contributed by atoms with E-state index in [-0.39, 0.29) is 0 Å². The van der Waals surface area contributed by atoms with E-state index >= 15 is 0 Å². The summed E-state index contributed by atoms with van der Waals surface area (Å²) in [4.78, 5) is 8.90. The molecule has 0 spiro atoms. The Kier molecular flexibility index (Phi) is 3.25. The first kappa shape index (κ1) is 12.1. The smallest absolute Gasteiger partial charge is 0.476 e. The summed E-state index contributed by atoms with van der Waals surface area (Å²) in [6, 6.07) is 1.73. The number of nitrogens with zero attached hydrogens (tertiary/aromatic N) is 2. The molecule has 90 valence electrons. The molecule has 0 bridgehead atoms. The molecular weight excluding hydrogens is 231 g/mol. The van der Waals surface area contributed by atoms with Crippen molar-refractivity contribution in [1.29, 1.82) is 0 Å². The lowest BCUT2D eigenvalue weighted by atomic mass is 10.6. The van der Waals surface area contributed by atoms with E-state index in [9.17, 15) is 13.2 Å². The maximum absolute atomic E-state index is 10.6. The third kappa shape index (κ3) is 3.04.